The highest BCUT2D eigenvalue weighted by molar-refractivity contribution is 5.95. The smallest absolute Gasteiger partial charge is 0.308 e. The molecular weight excluding hydrogens is 474 g/mol. The molecule has 4 heterocycles. The van der Waals surface area contributed by atoms with Crippen molar-refractivity contribution in [2.24, 2.45) is 39.9 Å². The molecule has 7 rings (SSSR count). The number of fused-ring (bicyclic) bond motifs is 5. The van der Waals surface area contributed by atoms with Crippen LogP contribution in [-0.4, -0.2) is 68.5 Å². The lowest BCUT2D eigenvalue weighted by atomic mass is 9.33. The lowest BCUT2D eigenvalue weighted by Crippen LogP contribution is -2.83. The summed E-state index contributed by atoms with van der Waals surface area (Å²) in [5.41, 5.74) is -4.80. The second-order valence-electron chi connectivity index (χ2n) is 14.9. The summed E-state index contributed by atoms with van der Waals surface area (Å²) in [5, 5.41) is 21.8. The normalized spacial score (nSPS) is 60.7. The van der Waals surface area contributed by atoms with Crippen molar-refractivity contribution in [1.29, 1.82) is 0 Å². The second kappa shape index (κ2) is 6.86. The topological polar surface area (TPSA) is 113 Å². The van der Waals surface area contributed by atoms with Crippen LogP contribution in [0.4, 0.5) is 0 Å². The number of aliphatic hydroxyl groups is 2. The predicted molar refractivity (Wildman–Crippen MR) is 131 cm³/mol. The van der Waals surface area contributed by atoms with Crippen molar-refractivity contribution in [3.05, 3.63) is 0 Å². The van der Waals surface area contributed by atoms with Gasteiger partial charge in [0.1, 0.15) is 17.6 Å². The summed E-state index contributed by atoms with van der Waals surface area (Å²) in [4.78, 5) is 43.3. The highest BCUT2D eigenvalue weighted by atomic mass is 16.6. The van der Waals surface area contributed by atoms with Gasteiger partial charge in [-0.05, 0) is 61.7 Å². The quantitative estimate of drug-likeness (QED) is 0.474. The van der Waals surface area contributed by atoms with Crippen LogP contribution >= 0.6 is 0 Å². The minimum atomic E-state index is -1.56. The van der Waals surface area contributed by atoms with Gasteiger partial charge in [0.05, 0.1) is 18.1 Å². The third-order valence-electron chi connectivity index (χ3n) is 12.8. The van der Waals surface area contributed by atoms with E-state index in [1.54, 1.807) is 0 Å². The maximum absolute atomic E-state index is 14.1. The molecule has 0 aromatic rings. The summed E-state index contributed by atoms with van der Waals surface area (Å²) in [6, 6.07) is 0. The van der Waals surface area contributed by atoms with E-state index in [-0.39, 0.29) is 43.0 Å². The fraction of sp³-hybridized carbons (Fsp3) is 0.897. The number of rotatable bonds is 0. The molecule has 4 saturated heterocycles. The molecule has 7 aliphatic rings. The maximum atomic E-state index is 14.1. The molecule has 7 fully saturated rings. The van der Waals surface area contributed by atoms with Gasteiger partial charge < -0.3 is 19.7 Å². The Hall–Kier alpha value is -1.35. The van der Waals surface area contributed by atoms with Crippen molar-refractivity contribution in [2.75, 3.05) is 6.54 Å². The Morgan fingerprint density at radius 3 is 2.51 bits per heavy atom. The fourth-order valence-corrected chi connectivity index (χ4v) is 11.3. The van der Waals surface area contributed by atoms with E-state index in [4.69, 9.17) is 9.47 Å². The lowest BCUT2D eigenvalue weighted by Gasteiger charge is -2.76. The first-order valence-electron chi connectivity index (χ1n) is 14.3. The van der Waals surface area contributed by atoms with Gasteiger partial charge in [-0.2, -0.15) is 0 Å². The number of aliphatic hydroxyl groups excluding tert-OH is 1. The number of esters is 1. The van der Waals surface area contributed by atoms with Crippen molar-refractivity contribution in [3.63, 3.8) is 0 Å². The largest absolute Gasteiger partial charge is 0.443 e. The van der Waals surface area contributed by atoms with Gasteiger partial charge in [-0.3, -0.25) is 14.4 Å². The average Bonchev–Trinajstić information content (AvgIpc) is 3.06. The first kappa shape index (κ1) is 24.7. The highest BCUT2D eigenvalue weighted by Gasteiger charge is 2.82. The molecule has 8 heteroatoms. The average molecular weight is 516 g/mol. The van der Waals surface area contributed by atoms with Crippen molar-refractivity contribution in [3.8, 4) is 0 Å². The van der Waals surface area contributed by atoms with E-state index < -0.39 is 57.0 Å². The lowest BCUT2D eigenvalue weighted by molar-refractivity contribution is -0.380. The molecule has 204 valence electrons. The molecule has 0 amide bonds. The number of hydrogen-bond donors (Lipinski definition) is 2. The number of carbonyl (C=O) groups is 3. The highest BCUT2D eigenvalue weighted by Crippen LogP contribution is 2.77. The van der Waals surface area contributed by atoms with Crippen LogP contribution in [0.2, 0.25) is 0 Å². The monoisotopic (exact) mass is 515 g/mol. The van der Waals surface area contributed by atoms with Crippen LogP contribution in [0.5, 0.6) is 0 Å². The molecule has 3 aliphatic carbocycles. The predicted octanol–water partition coefficient (Wildman–Crippen LogP) is 2.58. The fourth-order valence-electron chi connectivity index (χ4n) is 11.3. The molecule has 3 saturated carbocycles. The first-order valence-corrected chi connectivity index (χ1v) is 14.3. The van der Waals surface area contributed by atoms with Gasteiger partial charge in [0.25, 0.3) is 0 Å². The Morgan fingerprint density at radius 2 is 1.78 bits per heavy atom. The molecule has 12 atom stereocenters. The van der Waals surface area contributed by atoms with Gasteiger partial charge in [-0.1, -0.05) is 27.7 Å². The molecule has 37 heavy (non-hydrogen) atoms. The van der Waals surface area contributed by atoms with Crippen molar-refractivity contribution in [1.82, 2.24) is 4.90 Å². The summed E-state index contributed by atoms with van der Waals surface area (Å²) in [5.74, 6) is -1.51. The summed E-state index contributed by atoms with van der Waals surface area (Å²) in [6.45, 7) is 10.9. The molecule has 4 bridgehead atoms. The van der Waals surface area contributed by atoms with E-state index in [9.17, 15) is 24.6 Å². The summed E-state index contributed by atoms with van der Waals surface area (Å²) in [7, 11) is 0. The van der Waals surface area contributed by atoms with E-state index in [2.05, 4.69) is 32.6 Å². The SMILES string of the molecule is C[C@H]1C[C@@H]2CN3[C@](CC[C@]4(C)[C@]35C[C@@]3(C)[C@@H]6C[C@@](C)(O)[C@@H](O)C(=O)[C@H]6CC(=O)[C@@H]3[C@@]4(C)CC(=O)O5)(C1)O2. The molecule has 2 N–H and O–H groups in total. The number of piperidine rings is 1. The van der Waals surface area contributed by atoms with Gasteiger partial charge in [-0.25, -0.2) is 4.90 Å². The van der Waals surface area contributed by atoms with E-state index in [0.29, 0.717) is 18.9 Å². The van der Waals surface area contributed by atoms with Crippen LogP contribution in [0.1, 0.15) is 86.0 Å². The van der Waals surface area contributed by atoms with Gasteiger partial charge in [-0.15, -0.1) is 0 Å². The molecule has 0 aromatic carbocycles. The standard InChI is InChI=1S/C29H41NO7/c1-15-8-16-13-30-28(10-15,36-16)7-6-27(5)25(3)12-20(32)37-29(27,30)14-24(2)18-11-26(4,35)23(34)21(33)17(18)9-19(31)22(24)25/h15-18,22-23,34-35H,6-14H2,1-5H3/t15-,16+,17-,18+,22-,23-,24-,25+,26+,27-,28-,29+/m0/s1. The van der Waals surface area contributed by atoms with Crippen LogP contribution in [0, 0.1) is 39.9 Å². The minimum absolute atomic E-state index is 0.0168. The summed E-state index contributed by atoms with van der Waals surface area (Å²) in [6.07, 6.45) is 3.03. The van der Waals surface area contributed by atoms with Crippen molar-refractivity contribution >= 4 is 17.5 Å². The van der Waals surface area contributed by atoms with Crippen molar-refractivity contribution in [2.45, 2.75) is 115 Å². The molecule has 1 spiro atoms. The number of ether oxygens (including phenoxy) is 2. The van der Waals surface area contributed by atoms with Crippen LogP contribution in [0.3, 0.4) is 0 Å². The Morgan fingerprint density at radius 1 is 1.05 bits per heavy atom. The van der Waals surface area contributed by atoms with Crippen LogP contribution in [-0.2, 0) is 23.9 Å². The molecule has 8 nitrogen and oxygen atoms in total. The third kappa shape index (κ3) is 2.62. The van der Waals surface area contributed by atoms with Crippen molar-refractivity contribution < 1.29 is 34.1 Å². The number of carbonyl (C=O) groups excluding carboxylic acids is 3. The summed E-state index contributed by atoms with van der Waals surface area (Å²) >= 11 is 0. The minimum Gasteiger partial charge on any atom is -0.443 e. The van der Waals surface area contributed by atoms with Crippen LogP contribution in [0.15, 0.2) is 0 Å². The maximum Gasteiger partial charge on any atom is 0.308 e. The van der Waals surface area contributed by atoms with Crippen LogP contribution in [0.25, 0.3) is 0 Å². The molecule has 0 unspecified atom stereocenters. The van der Waals surface area contributed by atoms with E-state index >= 15 is 0 Å². The number of hydrogen-bond acceptors (Lipinski definition) is 8. The second-order valence-corrected chi connectivity index (χ2v) is 14.9. The zero-order valence-electron chi connectivity index (χ0n) is 22.7. The number of ketones is 2. The first-order chi connectivity index (χ1) is 17.1. The third-order valence-corrected chi connectivity index (χ3v) is 12.8. The number of nitrogens with zero attached hydrogens (tertiary/aromatic N) is 1. The van der Waals surface area contributed by atoms with Gasteiger partial charge >= 0.3 is 5.97 Å². The Bertz CT molecular complexity index is 1120. The Kier molecular flexibility index (Phi) is 4.57. The van der Waals surface area contributed by atoms with E-state index in [0.717, 1.165) is 25.7 Å². The Balaban J connectivity index is 1.43. The van der Waals surface area contributed by atoms with Crippen LogP contribution < -0.4 is 0 Å². The van der Waals surface area contributed by atoms with Gasteiger partial charge in [0, 0.05) is 36.6 Å². The van der Waals surface area contributed by atoms with Gasteiger partial charge in [0.15, 0.2) is 11.5 Å². The van der Waals surface area contributed by atoms with Gasteiger partial charge in [0.2, 0.25) is 0 Å². The van der Waals surface area contributed by atoms with E-state index in [1.807, 2.05) is 0 Å². The zero-order valence-corrected chi connectivity index (χ0v) is 22.7. The molecular formula is C29H41NO7. The van der Waals surface area contributed by atoms with E-state index in [1.165, 1.54) is 6.92 Å². The molecule has 4 aliphatic heterocycles. The number of Topliss-reactive ketones (excluding diaryl/α,β-unsaturated/α-hetero) is 2. The zero-order chi connectivity index (χ0) is 26.6. The summed E-state index contributed by atoms with van der Waals surface area (Å²) < 4.78 is 13.3. The Labute approximate surface area is 218 Å². The molecule has 0 aromatic heterocycles. The molecule has 0 radical (unpaired) electrons.